The molecule has 1 aliphatic rings. The van der Waals surface area contributed by atoms with Crippen LogP contribution in [-0.4, -0.2) is 29.3 Å². The predicted molar refractivity (Wildman–Crippen MR) is 94.2 cm³/mol. The van der Waals surface area contributed by atoms with Gasteiger partial charge in [0.1, 0.15) is 5.75 Å². The lowest BCUT2D eigenvalue weighted by atomic mass is 10.2. The summed E-state index contributed by atoms with van der Waals surface area (Å²) in [6.45, 7) is 0.592. The van der Waals surface area contributed by atoms with Crippen molar-refractivity contribution in [2.45, 2.75) is 37.9 Å². The Balaban J connectivity index is 1.58. The van der Waals surface area contributed by atoms with Gasteiger partial charge in [-0.3, -0.25) is 9.48 Å². The minimum absolute atomic E-state index is 0.152. The Bertz CT molecular complexity index is 832. The number of nitrogens with one attached hydrogen (secondary N) is 1. The fourth-order valence-electron chi connectivity index (χ4n) is 2.84. The number of benzene rings is 1. The van der Waals surface area contributed by atoms with E-state index in [4.69, 9.17) is 16.3 Å². The highest BCUT2D eigenvalue weighted by Crippen LogP contribution is 2.42. The maximum atomic E-state index is 12.9. The van der Waals surface area contributed by atoms with Gasteiger partial charge in [-0.1, -0.05) is 11.6 Å². The minimum Gasteiger partial charge on any atom is -0.496 e. The number of methoxy groups -OCH3 is 1. The number of carbonyl (C=O) groups is 1. The highest BCUT2D eigenvalue weighted by molar-refractivity contribution is 6.31. The standard InChI is InChI=1S/C18H19ClF3N3O2/c1-27-15-6-5-12(19)9-13(15)17(26)23-7-2-8-25-14(11-3-4-11)10-16(24-25)18(20,21)22/h5-6,9-11H,2-4,7-8H2,1H3,(H,23,26). The number of nitrogens with zero attached hydrogens (tertiary/aromatic N) is 2. The summed E-state index contributed by atoms with van der Waals surface area (Å²) >= 11 is 5.91. The highest BCUT2D eigenvalue weighted by Gasteiger charge is 2.37. The normalized spacial score (nSPS) is 14.3. The Kier molecular flexibility index (Phi) is 5.64. The van der Waals surface area contributed by atoms with E-state index in [0.29, 0.717) is 41.5 Å². The van der Waals surface area contributed by atoms with E-state index in [-0.39, 0.29) is 11.8 Å². The van der Waals surface area contributed by atoms with Crippen LogP contribution in [0.15, 0.2) is 24.3 Å². The van der Waals surface area contributed by atoms with E-state index in [1.165, 1.54) is 17.9 Å². The molecule has 0 bridgehead atoms. The van der Waals surface area contributed by atoms with E-state index in [1.807, 2.05) is 0 Å². The monoisotopic (exact) mass is 401 g/mol. The molecule has 1 aromatic carbocycles. The van der Waals surface area contributed by atoms with Crippen molar-refractivity contribution >= 4 is 17.5 Å². The summed E-state index contributed by atoms with van der Waals surface area (Å²) in [4.78, 5) is 12.3. The van der Waals surface area contributed by atoms with Crippen LogP contribution in [-0.2, 0) is 12.7 Å². The van der Waals surface area contributed by atoms with Crippen molar-refractivity contribution in [3.8, 4) is 5.75 Å². The van der Waals surface area contributed by atoms with Crippen LogP contribution in [0.25, 0.3) is 0 Å². The number of hydrogen-bond acceptors (Lipinski definition) is 3. The largest absolute Gasteiger partial charge is 0.496 e. The number of aromatic nitrogens is 2. The molecule has 3 rings (SSSR count). The lowest BCUT2D eigenvalue weighted by Crippen LogP contribution is -2.26. The van der Waals surface area contributed by atoms with Crippen molar-refractivity contribution in [3.05, 3.63) is 46.2 Å². The van der Waals surface area contributed by atoms with Crippen LogP contribution in [0, 0.1) is 0 Å². The van der Waals surface area contributed by atoms with E-state index >= 15 is 0 Å². The first-order valence-corrected chi connectivity index (χ1v) is 8.94. The fraction of sp³-hybridized carbons (Fsp3) is 0.444. The zero-order valence-electron chi connectivity index (χ0n) is 14.6. The van der Waals surface area contributed by atoms with Crippen molar-refractivity contribution in [2.75, 3.05) is 13.7 Å². The number of halogens is 4. The van der Waals surface area contributed by atoms with Gasteiger partial charge in [0, 0.05) is 29.7 Å². The summed E-state index contributed by atoms with van der Waals surface area (Å²) in [5.41, 5.74) is 0.0596. The van der Waals surface area contributed by atoms with Crippen LogP contribution in [0.2, 0.25) is 5.02 Å². The Morgan fingerprint density at radius 3 is 2.74 bits per heavy atom. The summed E-state index contributed by atoms with van der Waals surface area (Å²) in [6.07, 6.45) is -2.23. The number of hydrogen-bond donors (Lipinski definition) is 1. The molecule has 0 atom stereocenters. The van der Waals surface area contributed by atoms with Gasteiger partial charge < -0.3 is 10.1 Å². The third-order valence-corrected chi connectivity index (χ3v) is 4.57. The molecule has 27 heavy (non-hydrogen) atoms. The van der Waals surface area contributed by atoms with E-state index < -0.39 is 11.9 Å². The summed E-state index contributed by atoms with van der Waals surface area (Å²) < 4.78 is 45.2. The Hall–Kier alpha value is -2.22. The summed E-state index contributed by atoms with van der Waals surface area (Å²) in [6, 6.07) is 5.85. The Morgan fingerprint density at radius 1 is 1.37 bits per heavy atom. The second-order valence-electron chi connectivity index (χ2n) is 6.40. The molecular formula is C18H19ClF3N3O2. The minimum atomic E-state index is -4.45. The van der Waals surface area contributed by atoms with Crippen LogP contribution in [0.1, 0.15) is 46.9 Å². The summed E-state index contributed by atoms with van der Waals surface area (Å²) in [5.74, 6) is 0.196. The van der Waals surface area contributed by atoms with Gasteiger partial charge in [-0.2, -0.15) is 18.3 Å². The van der Waals surface area contributed by atoms with E-state index in [2.05, 4.69) is 10.4 Å². The molecule has 1 fully saturated rings. The molecule has 0 saturated heterocycles. The summed E-state index contributed by atoms with van der Waals surface area (Å²) in [5, 5.41) is 6.84. The topological polar surface area (TPSA) is 56.1 Å². The molecule has 0 radical (unpaired) electrons. The maximum absolute atomic E-state index is 12.9. The summed E-state index contributed by atoms with van der Waals surface area (Å²) in [7, 11) is 1.45. The lowest BCUT2D eigenvalue weighted by Gasteiger charge is -2.10. The maximum Gasteiger partial charge on any atom is 0.435 e. The van der Waals surface area contributed by atoms with Crippen molar-refractivity contribution < 1.29 is 22.7 Å². The van der Waals surface area contributed by atoms with Gasteiger partial charge >= 0.3 is 6.18 Å². The number of ether oxygens (including phenoxy) is 1. The van der Waals surface area contributed by atoms with Gasteiger partial charge in [-0.25, -0.2) is 0 Å². The highest BCUT2D eigenvalue weighted by atomic mass is 35.5. The van der Waals surface area contributed by atoms with Gasteiger partial charge in [-0.05, 0) is 43.5 Å². The molecule has 1 aliphatic carbocycles. The van der Waals surface area contributed by atoms with E-state index in [1.54, 1.807) is 12.1 Å². The van der Waals surface area contributed by atoms with Crippen LogP contribution < -0.4 is 10.1 Å². The van der Waals surface area contributed by atoms with Gasteiger partial charge in [0.2, 0.25) is 0 Å². The zero-order valence-corrected chi connectivity index (χ0v) is 15.4. The predicted octanol–water partition coefficient (Wildman–Crippen LogP) is 4.26. The molecule has 0 spiro atoms. The van der Waals surface area contributed by atoms with Crippen LogP contribution in [0.5, 0.6) is 5.75 Å². The number of rotatable bonds is 7. The molecule has 1 amide bonds. The van der Waals surface area contributed by atoms with Crippen molar-refractivity contribution in [1.29, 1.82) is 0 Å². The quantitative estimate of drug-likeness (QED) is 0.705. The number of alkyl halides is 3. The third kappa shape index (κ3) is 4.74. The molecule has 1 saturated carbocycles. The van der Waals surface area contributed by atoms with Crippen molar-refractivity contribution in [2.24, 2.45) is 0 Å². The molecular weight excluding hydrogens is 383 g/mol. The average molecular weight is 402 g/mol. The van der Waals surface area contributed by atoms with Gasteiger partial charge in [0.25, 0.3) is 5.91 Å². The molecule has 2 aromatic rings. The first kappa shape index (κ1) is 19.5. The second kappa shape index (κ2) is 7.80. The Labute approximate surface area is 159 Å². The second-order valence-corrected chi connectivity index (χ2v) is 6.84. The van der Waals surface area contributed by atoms with Gasteiger partial charge in [0.05, 0.1) is 12.7 Å². The smallest absolute Gasteiger partial charge is 0.435 e. The van der Waals surface area contributed by atoms with E-state index in [0.717, 1.165) is 18.9 Å². The zero-order chi connectivity index (χ0) is 19.6. The van der Waals surface area contributed by atoms with Gasteiger partial charge in [0.15, 0.2) is 5.69 Å². The first-order valence-electron chi connectivity index (χ1n) is 8.56. The molecule has 0 aliphatic heterocycles. The van der Waals surface area contributed by atoms with Crippen molar-refractivity contribution in [3.63, 3.8) is 0 Å². The molecule has 1 aromatic heterocycles. The van der Waals surface area contributed by atoms with Crippen LogP contribution in [0.4, 0.5) is 13.2 Å². The number of aryl methyl sites for hydroxylation is 1. The van der Waals surface area contributed by atoms with Crippen molar-refractivity contribution in [1.82, 2.24) is 15.1 Å². The van der Waals surface area contributed by atoms with E-state index in [9.17, 15) is 18.0 Å². The molecule has 1 N–H and O–H groups in total. The molecule has 1 heterocycles. The lowest BCUT2D eigenvalue weighted by molar-refractivity contribution is -0.141. The molecule has 5 nitrogen and oxygen atoms in total. The number of amides is 1. The average Bonchev–Trinajstić information content (AvgIpc) is 3.36. The molecule has 146 valence electrons. The molecule has 0 unspecified atom stereocenters. The molecule has 9 heteroatoms. The first-order chi connectivity index (χ1) is 12.8. The van der Waals surface area contributed by atoms with Crippen LogP contribution in [0.3, 0.4) is 0 Å². The fourth-order valence-corrected chi connectivity index (χ4v) is 3.01. The number of carbonyl (C=O) groups excluding carboxylic acids is 1. The van der Waals surface area contributed by atoms with Crippen LogP contribution >= 0.6 is 11.6 Å². The SMILES string of the molecule is COc1ccc(Cl)cc1C(=O)NCCCn1nc(C(F)(F)F)cc1C1CC1. The van der Waals surface area contributed by atoms with Gasteiger partial charge in [-0.15, -0.1) is 0 Å². The third-order valence-electron chi connectivity index (χ3n) is 4.34. The Morgan fingerprint density at radius 2 is 2.11 bits per heavy atom.